The van der Waals surface area contributed by atoms with E-state index in [1.165, 1.54) is 4.90 Å². The second-order valence-electron chi connectivity index (χ2n) is 7.17. The first kappa shape index (κ1) is 19.4. The Morgan fingerprint density at radius 2 is 1.72 bits per heavy atom. The van der Waals surface area contributed by atoms with Crippen molar-refractivity contribution in [2.24, 2.45) is 0 Å². The van der Waals surface area contributed by atoms with Crippen molar-refractivity contribution >= 4 is 35.1 Å². The Labute approximate surface area is 173 Å². The highest BCUT2D eigenvalue weighted by Crippen LogP contribution is 2.29. The molecule has 2 fully saturated rings. The van der Waals surface area contributed by atoms with E-state index in [9.17, 15) is 14.4 Å². The van der Waals surface area contributed by atoms with Gasteiger partial charge in [-0.05, 0) is 42.0 Å². The first-order chi connectivity index (χ1) is 14.0. The summed E-state index contributed by atoms with van der Waals surface area (Å²) in [4.78, 5) is 38.8. The second-order valence-corrected chi connectivity index (χ2v) is 7.61. The number of ether oxygens (including phenoxy) is 1. The zero-order valence-corrected chi connectivity index (χ0v) is 16.4. The molecule has 150 valence electrons. The number of carbonyl (C=O) groups excluding carboxylic acids is 3. The molecule has 0 atom stereocenters. The number of halogens is 1. The van der Waals surface area contributed by atoms with Gasteiger partial charge in [-0.3, -0.25) is 14.5 Å². The van der Waals surface area contributed by atoms with Gasteiger partial charge in [0, 0.05) is 42.3 Å². The van der Waals surface area contributed by atoms with Gasteiger partial charge in [0.25, 0.3) is 11.8 Å². The van der Waals surface area contributed by atoms with E-state index < -0.39 is 5.54 Å². The normalized spacial score (nSPS) is 18.0. The number of rotatable bonds is 4. The molecular weight excluding hydrogens is 394 g/mol. The Balaban J connectivity index is 1.41. The summed E-state index contributed by atoms with van der Waals surface area (Å²) in [5, 5.41) is 6.22. The third-order valence-electron chi connectivity index (χ3n) is 5.25. The van der Waals surface area contributed by atoms with E-state index >= 15 is 0 Å². The van der Waals surface area contributed by atoms with Crippen molar-refractivity contribution < 1.29 is 19.1 Å². The van der Waals surface area contributed by atoms with Crippen LogP contribution >= 0.6 is 11.6 Å². The molecular formula is C21H20ClN3O4. The molecule has 2 aliphatic heterocycles. The van der Waals surface area contributed by atoms with Crippen molar-refractivity contribution in [1.29, 1.82) is 0 Å². The van der Waals surface area contributed by atoms with E-state index in [2.05, 4.69) is 10.6 Å². The third-order valence-corrected chi connectivity index (χ3v) is 5.50. The average Bonchev–Trinajstić information content (AvgIpc) is 2.94. The molecule has 2 aromatic rings. The Bertz CT molecular complexity index is 937. The van der Waals surface area contributed by atoms with Gasteiger partial charge < -0.3 is 15.4 Å². The summed E-state index contributed by atoms with van der Waals surface area (Å²) < 4.78 is 5.31. The molecule has 0 radical (unpaired) electrons. The highest BCUT2D eigenvalue weighted by molar-refractivity contribution is 6.30. The van der Waals surface area contributed by atoms with E-state index in [1.54, 1.807) is 48.5 Å². The van der Waals surface area contributed by atoms with E-state index in [0.29, 0.717) is 42.3 Å². The standard InChI is InChI=1S/C21H20ClN3O4/c22-16-5-7-17(8-6-16)23-18(26)15-3-1-14(2-4-15)13-25-19(27)21(24-20(25)28)9-11-29-12-10-21/h1-8H,9-13H2,(H,23,26)(H,24,28). The Hall–Kier alpha value is -2.90. The van der Waals surface area contributed by atoms with Gasteiger partial charge >= 0.3 is 6.03 Å². The minimum atomic E-state index is -0.840. The molecule has 1 spiro atoms. The van der Waals surface area contributed by atoms with Crippen LogP contribution in [0.15, 0.2) is 48.5 Å². The van der Waals surface area contributed by atoms with Gasteiger partial charge in [-0.15, -0.1) is 0 Å². The van der Waals surface area contributed by atoms with Crippen LogP contribution in [-0.2, 0) is 16.1 Å². The predicted octanol–water partition coefficient (Wildman–Crippen LogP) is 3.19. The molecule has 8 heteroatoms. The molecule has 0 unspecified atom stereocenters. The molecule has 2 saturated heterocycles. The molecule has 4 amide bonds. The molecule has 0 bridgehead atoms. The smallest absolute Gasteiger partial charge is 0.325 e. The van der Waals surface area contributed by atoms with Crippen LogP contribution in [0.1, 0.15) is 28.8 Å². The van der Waals surface area contributed by atoms with Crippen LogP contribution in [0.3, 0.4) is 0 Å². The SMILES string of the molecule is O=C(Nc1ccc(Cl)cc1)c1ccc(CN2C(=O)NC3(CCOCC3)C2=O)cc1. The number of nitrogens with one attached hydrogen (secondary N) is 2. The molecule has 4 rings (SSSR count). The Kier molecular flexibility index (Phi) is 5.25. The van der Waals surface area contributed by atoms with Crippen LogP contribution in [0.4, 0.5) is 10.5 Å². The predicted molar refractivity (Wildman–Crippen MR) is 108 cm³/mol. The van der Waals surface area contributed by atoms with E-state index in [-0.39, 0.29) is 24.4 Å². The van der Waals surface area contributed by atoms with Crippen molar-refractivity contribution in [3.63, 3.8) is 0 Å². The molecule has 2 aromatic carbocycles. The summed E-state index contributed by atoms with van der Waals surface area (Å²) in [5.74, 6) is -0.467. The van der Waals surface area contributed by atoms with Crippen LogP contribution in [0.5, 0.6) is 0 Å². The lowest BCUT2D eigenvalue weighted by atomic mass is 9.90. The number of anilines is 1. The van der Waals surface area contributed by atoms with Crippen molar-refractivity contribution in [2.75, 3.05) is 18.5 Å². The van der Waals surface area contributed by atoms with Crippen LogP contribution in [-0.4, -0.2) is 41.5 Å². The fourth-order valence-electron chi connectivity index (χ4n) is 3.56. The quantitative estimate of drug-likeness (QED) is 0.753. The van der Waals surface area contributed by atoms with Gasteiger partial charge in [0.15, 0.2) is 0 Å². The van der Waals surface area contributed by atoms with E-state index in [0.717, 1.165) is 5.56 Å². The number of hydrogen-bond donors (Lipinski definition) is 2. The van der Waals surface area contributed by atoms with Gasteiger partial charge in [0.1, 0.15) is 5.54 Å². The first-order valence-electron chi connectivity index (χ1n) is 9.35. The number of amides is 4. The Morgan fingerprint density at radius 1 is 1.07 bits per heavy atom. The summed E-state index contributed by atoms with van der Waals surface area (Å²) in [6, 6.07) is 13.3. The number of carbonyl (C=O) groups is 3. The molecule has 0 aliphatic carbocycles. The van der Waals surface area contributed by atoms with Gasteiger partial charge in [-0.2, -0.15) is 0 Å². The van der Waals surface area contributed by atoms with Crippen LogP contribution < -0.4 is 10.6 Å². The Morgan fingerprint density at radius 3 is 2.38 bits per heavy atom. The van der Waals surface area contributed by atoms with E-state index in [4.69, 9.17) is 16.3 Å². The lowest BCUT2D eigenvalue weighted by molar-refractivity contribution is -0.134. The van der Waals surface area contributed by atoms with Crippen molar-refractivity contribution in [3.8, 4) is 0 Å². The van der Waals surface area contributed by atoms with Gasteiger partial charge in [0.05, 0.1) is 6.54 Å². The minimum Gasteiger partial charge on any atom is -0.381 e. The topological polar surface area (TPSA) is 87.7 Å². The summed E-state index contributed by atoms with van der Waals surface area (Å²) in [5.41, 5.74) is 1.04. The molecule has 2 N–H and O–H groups in total. The minimum absolute atomic E-state index is 0.159. The molecule has 2 heterocycles. The summed E-state index contributed by atoms with van der Waals surface area (Å²) >= 11 is 5.85. The fourth-order valence-corrected chi connectivity index (χ4v) is 3.69. The van der Waals surface area contributed by atoms with Crippen LogP contribution in [0.2, 0.25) is 5.02 Å². The monoisotopic (exact) mass is 413 g/mol. The lowest BCUT2D eigenvalue weighted by Gasteiger charge is -2.30. The number of benzene rings is 2. The van der Waals surface area contributed by atoms with Crippen molar-refractivity contribution in [1.82, 2.24) is 10.2 Å². The number of urea groups is 1. The largest absolute Gasteiger partial charge is 0.381 e. The van der Waals surface area contributed by atoms with Gasteiger partial charge in [-0.25, -0.2) is 4.79 Å². The lowest BCUT2D eigenvalue weighted by Crippen LogP contribution is -2.51. The van der Waals surface area contributed by atoms with E-state index in [1.807, 2.05) is 0 Å². The second kappa shape index (κ2) is 7.85. The zero-order chi connectivity index (χ0) is 20.4. The number of imide groups is 1. The molecule has 0 saturated carbocycles. The summed E-state index contributed by atoms with van der Waals surface area (Å²) in [6.07, 6.45) is 0.968. The maximum Gasteiger partial charge on any atom is 0.325 e. The summed E-state index contributed by atoms with van der Waals surface area (Å²) in [7, 11) is 0. The maximum absolute atomic E-state index is 12.8. The molecule has 7 nitrogen and oxygen atoms in total. The van der Waals surface area contributed by atoms with Crippen LogP contribution in [0.25, 0.3) is 0 Å². The molecule has 2 aliphatic rings. The number of nitrogens with zero attached hydrogens (tertiary/aromatic N) is 1. The maximum atomic E-state index is 12.8. The summed E-state index contributed by atoms with van der Waals surface area (Å²) in [6.45, 7) is 1.07. The molecule has 0 aromatic heterocycles. The highest BCUT2D eigenvalue weighted by Gasteiger charge is 2.51. The van der Waals surface area contributed by atoms with Gasteiger partial charge in [-0.1, -0.05) is 23.7 Å². The average molecular weight is 414 g/mol. The number of hydrogen-bond acceptors (Lipinski definition) is 4. The molecule has 29 heavy (non-hydrogen) atoms. The van der Waals surface area contributed by atoms with Gasteiger partial charge in [0.2, 0.25) is 0 Å². The fraction of sp³-hybridized carbons (Fsp3) is 0.286. The highest BCUT2D eigenvalue weighted by atomic mass is 35.5. The van der Waals surface area contributed by atoms with Crippen LogP contribution in [0, 0.1) is 0 Å². The first-order valence-corrected chi connectivity index (χ1v) is 9.72. The third kappa shape index (κ3) is 3.97. The van der Waals surface area contributed by atoms with Crippen molar-refractivity contribution in [2.45, 2.75) is 24.9 Å². The zero-order valence-electron chi connectivity index (χ0n) is 15.6. The van der Waals surface area contributed by atoms with Crippen molar-refractivity contribution in [3.05, 3.63) is 64.7 Å².